The van der Waals surface area contributed by atoms with Crippen LogP contribution < -0.4 is 5.32 Å². The number of carbonyl (C=O) groups is 2. The summed E-state index contributed by atoms with van der Waals surface area (Å²) in [6.45, 7) is 7.63. The average Bonchev–Trinajstić information content (AvgIpc) is 2.86. The molecule has 1 aliphatic carbocycles. The number of urea groups is 1. The van der Waals surface area contributed by atoms with Gasteiger partial charge in [-0.25, -0.2) is 14.0 Å². The highest BCUT2D eigenvalue weighted by Crippen LogP contribution is 2.25. The number of nitrogens with zero attached hydrogens (tertiary/aromatic N) is 1. The van der Waals surface area contributed by atoms with Gasteiger partial charge in [0.1, 0.15) is 5.82 Å². The fourth-order valence-electron chi connectivity index (χ4n) is 4.65. The van der Waals surface area contributed by atoms with Crippen molar-refractivity contribution in [2.24, 2.45) is 5.92 Å². The van der Waals surface area contributed by atoms with E-state index in [1.165, 1.54) is 12.1 Å². The summed E-state index contributed by atoms with van der Waals surface area (Å²) in [6.07, 6.45) is 4.48. The summed E-state index contributed by atoms with van der Waals surface area (Å²) in [5.74, 6) is -1.02. The van der Waals surface area contributed by atoms with Crippen LogP contribution in [0, 0.1) is 18.7 Å². The lowest BCUT2D eigenvalue weighted by Crippen LogP contribution is -2.41. The van der Waals surface area contributed by atoms with Gasteiger partial charge < -0.3 is 24.8 Å². The molecule has 2 N–H and O–H groups in total. The molecular weight excluding hydrogens is 475 g/mol. The lowest BCUT2D eigenvalue weighted by molar-refractivity contribution is -0.0525. The van der Waals surface area contributed by atoms with Gasteiger partial charge in [-0.15, -0.1) is 0 Å². The fraction of sp³-hybridized carbons (Fsp3) is 0.517. The molecule has 202 valence electrons. The minimum absolute atomic E-state index is 0.00611. The monoisotopic (exact) mass is 514 g/mol. The molecular formula is C29H39FN2O5. The van der Waals surface area contributed by atoms with E-state index in [1.807, 2.05) is 6.07 Å². The van der Waals surface area contributed by atoms with Crippen molar-refractivity contribution < 1.29 is 28.6 Å². The van der Waals surface area contributed by atoms with Crippen LogP contribution in [-0.4, -0.2) is 53.9 Å². The Balaban J connectivity index is 1.50. The van der Waals surface area contributed by atoms with E-state index in [4.69, 9.17) is 9.47 Å². The van der Waals surface area contributed by atoms with Crippen LogP contribution in [0.1, 0.15) is 67.4 Å². The van der Waals surface area contributed by atoms with Crippen molar-refractivity contribution in [2.75, 3.05) is 25.0 Å². The lowest BCUT2D eigenvalue weighted by atomic mass is 9.94. The van der Waals surface area contributed by atoms with E-state index < -0.39 is 11.8 Å². The molecule has 2 aromatic carbocycles. The minimum atomic E-state index is -0.940. The van der Waals surface area contributed by atoms with Crippen LogP contribution in [0.2, 0.25) is 0 Å². The molecule has 0 aromatic heterocycles. The second kappa shape index (κ2) is 14.1. The second-order valence-corrected chi connectivity index (χ2v) is 9.91. The van der Waals surface area contributed by atoms with Gasteiger partial charge in [0.2, 0.25) is 0 Å². The Morgan fingerprint density at radius 1 is 1.16 bits per heavy atom. The van der Waals surface area contributed by atoms with Gasteiger partial charge in [0.05, 0.1) is 31.0 Å². The SMILES string of the molecule is CCC(C)CN(CCO[C@@H]1CCC[C@H](OCc2cccc(C)c2C(=O)O)C1)C(=O)Nc1cccc(F)c1. The van der Waals surface area contributed by atoms with Gasteiger partial charge in [-0.3, -0.25) is 0 Å². The summed E-state index contributed by atoms with van der Waals surface area (Å²) in [6, 6.07) is 11.0. The third kappa shape index (κ3) is 8.83. The van der Waals surface area contributed by atoms with Gasteiger partial charge in [0, 0.05) is 18.8 Å². The number of hydrogen-bond donors (Lipinski definition) is 2. The molecule has 7 nitrogen and oxygen atoms in total. The van der Waals surface area contributed by atoms with Gasteiger partial charge in [-0.2, -0.15) is 0 Å². The van der Waals surface area contributed by atoms with Crippen molar-refractivity contribution in [1.82, 2.24) is 4.90 Å². The van der Waals surface area contributed by atoms with Crippen LogP contribution in [0.5, 0.6) is 0 Å². The van der Waals surface area contributed by atoms with Crippen molar-refractivity contribution in [3.05, 3.63) is 65.0 Å². The molecule has 8 heteroatoms. The summed E-state index contributed by atoms with van der Waals surface area (Å²) in [7, 11) is 0. The summed E-state index contributed by atoms with van der Waals surface area (Å²) < 4.78 is 25.8. The predicted molar refractivity (Wildman–Crippen MR) is 141 cm³/mol. The molecule has 2 amide bonds. The third-order valence-electron chi connectivity index (χ3n) is 6.93. The number of carbonyl (C=O) groups excluding carboxylic acids is 1. The number of carboxylic acid groups (broad SMARTS) is 1. The molecule has 0 heterocycles. The molecule has 0 bridgehead atoms. The first-order valence-electron chi connectivity index (χ1n) is 13.1. The molecule has 1 fully saturated rings. The molecule has 3 atom stereocenters. The normalized spacial score (nSPS) is 18.3. The first-order chi connectivity index (χ1) is 17.8. The molecule has 0 aliphatic heterocycles. The first kappa shape index (κ1) is 28.6. The number of carboxylic acids is 1. The molecule has 0 radical (unpaired) electrons. The van der Waals surface area contributed by atoms with Gasteiger partial charge in [-0.1, -0.05) is 44.5 Å². The number of ether oxygens (including phenoxy) is 2. The van der Waals surface area contributed by atoms with Crippen molar-refractivity contribution >= 4 is 17.7 Å². The van der Waals surface area contributed by atoms with Crippen LogP contribution in [-0.2, 0) is 16.1 Å². The highest BCUT2D eigenvalue weighted by atomic mass is 19.1. The number of anilines is 1. The zero-order chi connectivity index (χ0) is 26.8. The molecule has 1 unspecified atom stereocenters. The Kier molecular flexibility index (Phi) is 10.9. The number of aryl methyl sites for hydroxylation is 1. The quantitative estimate of drug-likeness (QED) is 0.349. The zero-order valence-corrected chi connectivity index (χ0v) is 22.0. The van der Waals surface area contributed by atoms with Gasteiger partial charge in [-0.05, 0) is 67.9 Å². The Bertz CT molecular complexity index is 1050. The number of rotatable bonds is 12. The summed E-state index contributed by atoms with van der Waals surface area (Å²) in [5, 5.41) is 12.3. The Morgan fingerprint density at radius 3 is 2.59 bits per heavy atom. The molecule has 0 spiro atoms. The first-order valence-corrected chi connectivity index (χ1v) is 13.1. The van der Waals surface area contributed by atoms with E-state index in [1.54, 1.807) is 36.1 Å². The standard InChI is InChI=1S/C29H39FN2O5/c1-4-20(2)18-32(29(35)31-24-11-6-10-23(30)16-24)14-15-36-25-12-7-13-26(17-25)37-19-22-9-5-8-21(3)27(22)28(33)34/h5-6,8-11,16,20,25-26H,4,7,12-15,17-19H2,1-3H3,(H,31,35)(H,33,34)/t20?,25-,26+/m1/s1. The molecule has 37 heavy (non-hydrogen) atoms. The van der Waals surface area contributed by atoms with E-state index in [-0.39, 0.29) is 24.8 Å². The van der Waals surface area contributed by atoms with E-state index in [2.05, 4.69) is 19.2 Å². The lowest BCUT2D eigenvalue weighted by Gasteiger charge is -2.31. The highest BCUT2D eigenvalue weighted by Gasteiger charge is 2.25. The van der Waals surface area contributed by atoms with Crippen molar-refractivity contribution in [1.29, 1.82) is 0 Å². The van der Waals surface area contributed by atoms with Gasteiger partial charge in [0.15, 0.2) is 0 Å². The van der Waals surface area contributed by atoms with Crippen LogP contribution in [0.25, 0.3) is 0 Å². The smallest absolute Gasteiger partial charge is 0.336 e. The molecule has 1 saturated carbocycles. The van der Waals surface area contributed by atoms with Crippen molar-refractivity contribution in [2.45, 2.75) is 71.7 Å². The van der Waals surface area contributed by atoms with E-state index >= 15 is 0 Å². The molecule has 0 saturated heterocycles. The van der Waals surface area contributed by atoms with Crippen molar-refractivity contribution in [3.8, 4) is 0 Å². The maximum absolute atomic E-state index is 13.5. The van der Waals surface area contributed by atoms with Gasteiger partial charge in [0.25, 0.3) is 0 Å². The van der Waals surface area contributed by atoms with Crippen LogP contribution in [0.4, 0.5) is 14.9 Å². The largest absolute Gasteiger partial charge is 0.478 e. The summed E-state index contributed by atoms with van der Waals surface area (Å²) >= 11 is 0. The third-order valence-corrected chi connectivity index (χ3v) is 6.93. The fourth-order valence-corrected chi connectivity index (χ4v) is 4.65. The number of aromatic carboxylic acids is 1. The molecule has 2 aromatic rings. The number of halogens is 1. The maximum Gasteiger partial charge on any atom is 0.336 e. The van der Waals surface area contributed by atoms with E-state index in [0.29, 0.717) is 42.4 Å². The number of nitrogens with one attached hydrogen (secondary N) is 1. The van der Waals surface area contributed by atoms with Crippen LogP contribution in [0.15, 0.2) is 42.5 Å². The molecule has 1 aliphatic rings. The maximum atomic E-state index is 13.5. The Morgan fingerprint density at radius 2 is 1.89 bits per heavy atom. The van der Waals surface area contributed by atoms with E-state index in [9.17, 15) is 19.1 Å². The number of hydrogen-bond acceptors (Lipinski definition) is 4. The highest BCUT2D eigenvalue weighted by molar-refractivity contribution is 5.91. The Hall–Kier alpha value is -2.97. The zero-order valence-electron chi connectivity index (χ0n) is 22.0. The topological polar surface area (TPSA) is 88.1 Å². The van der Waals surface area contributed by atoms with Crippen molar-refractivity contribution in [3.63, 3.8) is 0 Å². The number of amides is 2. The minimum Gasteiger partial charge on any atom is -0.478 e. The second-order valence-electron chi connectivity index (χ2n) is 9.91. The predicted octanol–water partition coefficient (Wildman–Crippen LogP) is 6.26. The Labute approximate surface area is 219 Å². The summed E-state index contributed by atoms with van der Waals surface area (Å²) in [4.78, 5) is 26.3. The average molecular weight is 515 g/mol. The molecule has 3 rings (SSSR count). The van der Waals surface area contributed by atoms with Crippen LogP contribution in [0.3, 0.4) is 0 Å². The van der Waals surface area contributed by atoms with E-state index in [0.717, 1.165) is 37.7 Å². The van der Waals surface area contributed by atoms with Crippen LogP contribution >= 0.6 is 0 Å². The summed E-state index contributed by atoms with van der Waals surface area (Å²) in [5.41, 5.74) is 2.14. The van der Waals surface area contributed by atoms with Gasteiger partial charge >= 0.3 is 12.0 Å². The number of benzene rings is 2.